The zero-order chi connectivity index (χ0) is 16.3. The van der Waals surface area contributed by atoms with Crippen molar-refractivity contribution in [1.29, 1.82) is 0 Å². The maximum atomic E-state index is 11.3. The molecule has 0 saturated carbocycles. The van der Waals surface area contributed by atoms with Crippen LogP contribution in [0.4, 0.5) is 5.95 Å². The Morgan fingerprint density at radius 2 is 2.22 bits per heavy atom. The van der Waals surface area contributed by atoms with E-state index in [9.17, 15) is 5.11 Å². The average Bonchev–Trinajstić information content (AvgIpc) is 2.85. The lowest BCUT2D eigenvalue weighted by Crippen LogP contribution is -2.46. The van der Waals surface area contributed by atoms with E-state index in [1.54, 1.807) is 6.20 Å². The van der Waals surface area contributed by atoms with Crippen molar-refractivity contribution in [3.05, 3.63) is 63.2 Å². The average molecular weight is 376 g/mol. The van der Waals surface area contributed by atoms with Crippen molar-refractivity contribution < 1.29 is 9.67 Å². The zero-order valence-corrected chi connectivity index (χ0v) is 14.0. The van der Waals surface area contributed by atoms with Crippen LogP contribution in [0.15, 0.2) is 52.3 Å². The van der Waals surface area contributed by atoms with E-state index in [1.807, 2.05) is 46.0 Å². The summed E-state index contributed by atoms with van der Waals surface area (Å²) in [5.74, 6) is 0.707. The van der Waals surface area contributed by atoms with Crippen LogP contribution in [0.2, 0.25) is 0 Å². The van der Waals surface area contributed by atoms with Crippen molar-refractivity contribution in [2.45, 2.75) is 18.7 Å². The van der Waals surface area contributed by atoms with Gasteiger partial charge >= 0.3 is 5.95 Å². The Morgan fingerprint density at radius 3 is 2.96 bits per heavy atom. The van der Waals surface area contributed by atoms with Crippen LogP contribution in [0.3, 0.4) is 0 Å². The molecule has 23 heavy (non-hydrogen) atoms. The Balaban J connectivity index is 1.94. The number of hydrogen-bond donors (Lipinski definition) is 1. The van der Waals surface area contributed by atoms with Crippen LogP contribution in [0.25, 0.3) is 10.4 Å². The minimum absolute atomic E-state index is 0.385. The van der Waals surface area contributed by atoms with Crippen LogP contribution in [-0.2, 0) is 12.3 Å². The van der Waals surface area contributed by atoms with Gasteiger partial charge in [-0.2, -0.15) is 0 Å². The lowest BCUT2D eigenvalue weighted by Gasteiger charge is -2.28. The smallest absolute Gasteiger partial charge is 0.353 e. The standard InChI is InChI=1S/C15H16BrN6O/c16-13-5-3-12(4-6-13)15(23)11-21-9-1-7-18-14(21)22(15)10-2-8-19-20-17/h1,3-7,9,23H,2,8,10-11H2/q+1. The normalized spacial score (nSPS) is 19.3. The predicted octanol–water partition coefficient (Wildman–Crippen LogP) is 2.50. The molecule has 3 rings (SSSR count). The summed E-state index contributed by atoms with van der Waals surface area (Å²) >= 11 is 3.41. The van der Waals surface area contributed by atoms with Gasteiger partial charge in [0, 0.05) is 27.6 Å². The number of halogens is 1. The molecule has 2 heterocycles. The molecule has 2 aromatic rings. The monoisotopic (exact) mass is 375 g/mol. The van der Waals surface area contributed by atoms with Crippen molar-refractivity contribution in [1.82, 2.24) is 4.98 Å². The Morgan fingerprint density at radius 1 is 1.43 bits per heavy atom. The van der Waals surface area contributed by atoms with Crippen molar-refractivity contribution in [3.8, 4) is 0 Å². The Hall–Kier alpha value is -2.15. The summed E-state index contributed by atoms with van der Waals surface area (Å²) in [5.41, 5.74) is 8.03. The second kappa shape index (κ2) is 6.54. The zero-order valence-electron chi connectivity index (χ0n) is 12.4. The van der Waals surface area contributed by atoms with Crippen LogP contribution in [0.5, 0.6) is 0 Å². The largest absolute Gasteiger partial charge is 0.396 e. The first-order valence-corrected chi connectivity index (χ1v) is 8.06. The minimum atomic E-state index is -1.17. The summed E-state index contributed by atoms with van der Waals surface area (Å²) in [7, 11) is 0. The van der Waals surface area contributed by atoms with E-state index in [0.717, 1.165) is 10.0 Å². The number of azide groups is 1. The summed E-state index contributed by atoms with van der Waals surface area (Å²) in [6.45, 7) is 1.33. The lowest BCUT2D eigenvalue weighted by molar-refractivity contribution is -0.685. The molecule has 8 heteroatoms. The van der Waals surface area contributed by atoms with E-state index in [0.29, 0.717) is 32.0 Å². The molecule has 1 N–H and O–H groups in total. The molecule has 1 aromatic heterocycles. The summed E-state index contributed by atoms with van der Waals surface area (Å²) in [4.78, 5) is 9.02. The maximum absolute atomic E-state index is 11.3. The quantitative estimate of drug-likeness (QED) is 0.286. The summed E-state index contributed by atoms with van der Waals surface area (Å²) in [5, 5.41) is 14.9. The van der Waals surface area contributed by atoms with E-state index in [2.05, 4.69) is 30.9 Å². The van der Waals surface area contributed by atoms with Gasteiger partial charge in [0.25, 0.3) is 0 Å². The van der Waals surface area contributed by atoms with Gasteiger partial charge in [-0.15, -0.1) is 0 Å². The fraction of sp³-hybridized carbons (Fsp3) is 0.333. The Kier molecular flexibility index (Phi) is 4.47. The van der Waals surface area contributed by atoms with Gasteiger partial charge in [-0.3, -0.25) is 0 Å². The SMILES string of the molecule is [N-]=[N+]=NCCCN1c2nccc[n+]2CC1(O)c1ccc(Br)cc1. The molecule has 0 aliphatic carbocycles. The molecule has 1 aliphatic heterocycles. The molecule has 7 nitrogen and oxygen atoms in total. The molecule has 0 radical (unpaired) electrons. The molecule has 1 aliphatic rings. The third kappa shape index (κ3) is 3.01. The fourth-order valence-electron chi connectivity index (χ4n) is 2.82. The summed E-state index contributed by atoms with van der Waals surface area (Å²) < 4.78 is 2.89. The van der Waals surface area contributed by atoms with Crippen molar-refractivity contribution >= 4 is 21.9 Å². The first-order valence-electron chi connectivity index (χ1n) is 7.26. The molecular weight excluding hydrogens is 360 g/mol. The lowest BCUT2D eigenvalue weighted by atomic mass is 10.0. The van der Waals surface area contributed by atoms with E-state index < -0.39 is 5.72 Å². The molecule has 1 atom stereocenters. The number of rotatable bonds is 5. The highest BCUT2D eigenvalue weighted by Gasteiger charge is 2.50. The molecule has 0 bridgehead atoms. The summed E-state index contributed by atoms with van der Waals surface area (Å²) in [6.07, 6.45) is 4.25. The number of aliphatic hydroxyl groups is 1. The summed E-state index contributed by atoms with van der Waals surface area (Å²) in [6, 6.07) is 9.46. The molecule has 0 fully saturated rings. The first-order chi connectivity index (χ1) is 11.1. The van der Waals surface area contributed by atoms with Gasteiger partial charge in [0.1, 0.15) is 12.7 Å². The van der Waals surface area contributed by atoms with Crippen molar-refractivity contribution in [2.24, 2.45) is 5.11 Å². The van der Waals surface area contributed by atoms with Crippen molar-refractivity contribution in [2.75, 3.05) is 18.0 Å². The maximum Gasteiger partial charge on any atom is 0.396 e. The van der Waals surface area contributed by atoms with Crippen LogP contribution in [0, 0.1) is 0 Å². The van der Waals surface area contributed by atoms with E-state index in [-0.39, 0.29) is 0 Å². The van der Waals surface area contributed by atoms with Crippen molar-refractivity contribution in [3.63, 3.8) is 0 Å². The number of anilines is 1. The topological polar surface area (TPSA) is 89.0 Å². The van der Waals surface area contributed by atoms with Gasteiger partial charge in [-0.1, -0.05) is 38.2 Å². The highest BCUT2D eigenvalue weighted by Crippen LogP contribution is 2.34. The second-order valence-electron chi connectivity index (χ2n) is 5.33. The number of fused-ring (bicyclic) bond motifs is 1. The Labute approximate surface area is 142 Å². The molecule has 0 spiro atoms. The van der Waals surface area contributed by atoms with Crippen LogP contribution in [0.1, 0.15) is 12.0 Å². The van der Waals surface area contributed by atoms with Gasteiger partial charge in [-0.25, -0.2) is 9.47 Å². The van der Waals surface area contributed by atoms with Crippen LogP contribution in [-0.4, -0.2) is 23.2 Å². The first kappa shape index (κ1) is 15.7. The van der Waals surface area contributed by atoms with Gasteiger partial charge in [-0.05, 0) is 24.1 Å². The predicted molar refractivity (Wildman–Crippen MR) is 88.4 cm³/mol. The number of hydrogen-bond acceptors (Lipinski definition) is 4. The molecule has 0 amide bonds. The number of benzene rings is 1. The third-order valence-electron chi connectivity index (χ3n) is 3.89. The van der Waals surface area contributed by atoms with E-state index in [4.69, 9.17) is 5.53 Å². The van der Waals surface area contributed by atoms with Crippen LogP contribution < -0.4 is 9.47 Å². The molecule has 1 unspecified atom stereocenters. The minimum Gasteiger partial charge on any atom is -0.353 e. The van der Waals surface area contributed by atoms with E-state index in [1.165, 1.54) is 0 Å². The number of nitrogens with zero attached hydrogens (tertiary/aromatic N) is 6. The van der Waals surface area contributed by atoms with Gasteiger partial charge in [0.15, 0.2) is 0 Å². The Bertz CT molecular complexity index is 746. The van der Waals surface area contributed by atoms with Crippen LogP contribution >= 0.6 is 15.9 Å². The second-order valence-corrected chi connectivity index (χ2v) is 6.25. The molecule has 118 valence electrons. The molecule has 0 saturated heterocycles. The highest BCUT2D eigenvalue weighted by atomic mass is 79.9. The van der Waals surface area contributed by atoms with Gasteiger partial charge in [0.05, 0.1) is 12.7 Å². The third-order valence-corrected chi connectivity index (χ3v) is 4.42. The van der Waals surface area contributed by atoms with E-state index >= 15 is 0 Å². The molecular formula is C15H16BrN6O+. The fourth-order valence-corrected chi connectivity index (χ4v) is 3.09. The van der Waals surface area contributed by atoms with Gasteiger partial charge < -0.3 is 5.11 Å². The molecule has 1 aromatic carbocycles. The highest BCUT2D eigenvalue weighted by molar-refractivity contribution is 9.10. The van der Waals surface area contributed by atoms with Gasteiger partial charge in [0.2, 0.25) is 5.72 Å². The number of aromatic nitrogens is 2.